The molecule has 1 aromatic heterocycles. The van der Waals surface area contributed by atoms with Gasteiger partial charge in [0.25, 0.3) is 0 Å². The Bertz CT molecular complexity index is 427. The largest absolute Gasteiger partial charge is 0.489 e. The minimum absolute atomic E-state index is 0.562. The summed E-state index contributed by atoms with van der Waals surface area (Å²) in [6.07, 6.45) is 5.64. The van der Waals surface area contributed by atoms with E-state index < -0.39 is 0 Å². The lowest BCUT2D eigenvalue weighted by Gasteiger charge is -2.06. The number of benzene rings is 1. The highest BCUT2D eigenvalue weighted by Crippen LogP contribution is 2.19. The number of hydrogen-bond acceptors (Lipinski definition) is 3. The van der Waals surface area contributed by atoms with Gasteiger partial charge in [-0.15, -0.1) is 11.8 Å². The Morgan fingerprint density at radius 3 is 2.62 bits per heavy atom. The fourth-order valence-corrected chi connectivity index (χ4v) is 1.73. The molecule has 3 heteroatoms. The van der Waals surface area contributed by atoms with E-state index in [1.54, 1.807) is 18.0 Å². The molecular formula is C13H13NOS. The molecule has 82 valence electrons. The second-order valence-corrected chi connectivity index (χ2v) is 4.21. The molecule has 0 radical (unpaired) electrons. The molecule has 0 aliphatic heterocycles. The van der Waals surface area contributed by atoms with E-state index >= 15 is 0 Å². The van der Waals surface area contributed by atoms with Gasteiger partial charge in [0.15, 0.2) is 0 Å². The lowest BCUT2D eigenvalue weighted by Crippen LogP contribution is -1.95. The zero-order valence-electron chi connectivity index (χ0n) is 9.09. The topological polar surface area (TPSA) is 22.1 Å². The molecule has 0 bridgehead atoms. The number of hydrogen-bond donors (Lipinski definition) is 0. The SMILES string of the molecule is CSc1ccc(OCc2cccnc2)cc1. The summed E-state index contributed by atoms with van der Waals surface area (Å²) in [6.45, 7) is 0.562. The van der Waals surface area contributed by atoms with Gasteiger partial charge in [0.1, 0.15) is 12.4 Å². The van der Waals surface area contributed by atoms with Crippen molar-refractivity contribution < 1.29 is 4.74 Å². The van der Waals surface area contributed by atoms with Gasteiger partial charge in [-0.2, -0.15) is 0 Å². The van der Waals surface area contributed by atoms with Crippen LogP contribution >= 0.6 is 11.8 Å². The smallest absolute Gasteiger partial charge is 0.119 e. The standard InChI is InChI=1S/C13H13NOS/c1-16-13-6-4-12(5-7-13)15-10-11-3-2-8-14-9-11/h2-9H,10H2,1H3. The van der Waals surface area contributed by atoms with E-state index in [1.165, 1.54) is 4.90 Å². The molecule has 0 aliphatic carbocycles. The third-order valence-corrected chi connectivity index (χ3v) is 2.93. The molecule has 0 fully saturated rings. The zero-order chi connectivity index (χ0) is 11.2. The highest BCUT2D eigenvalue weighted by atomic mass is 32.2. The molecule has 0 unspecified atom stereocenters. The van der Waals surface area contributed by atoms with Crippen molar-refractivity contribution in [3.8, 4) is 5.75 Å². The van der Waals surface area contributed by atoms with Gasteiger partial charge < -0.3 is 4.74 Å². The fourth-order valence-electron chi connectivity index (χ4n) is 1.32. The number of rotatable bonds is 4. The van der Waals surface area contributed by atoms with E-state index in [2.05, 4.69) is 23.4 Å². The first-order chi connectivity index (χ1) is 7.88. The Morgan fingerprint density at radius 1 is 1.19 bits per heavy atom. The van der Waals surface area contributed by atoms with E-state index in [0.29, 0.717) is 6.61 Å². The summed E-state index contributed by atoms with van der Waals surface area (Å²) in [5, 5.41) is 0. The van der Waals surface area contributed by atoms with E-state index in [-0.39, 0.29) is 0 Å². The maximum atomic E-state index is 5.64. The molecule has 0 N–H and O–H groups in total. The summed E-state index contributed by atoms with van der Waals surface area (Å²) >= 11 is 1.73. The van der Waals surface area contributed by atoms with Crippen molar-refractivity contribution in [2.45, 2.75) is 11.5 Å². The van der Waals surface area contributed by atoms with Crippen molar-refractivity contribution in [1.82, 2.24) is 4.98 Å². The molecule has 0 saturated heterocycles. The Balaban J connectivity index is 1.94. The van der Waals surface area contributed by atoms with Crippen molar-refractivity contribution >= 4 is 11.8 Å². The third kappa shape index (κ3) is 3.00. The summed E-state index contributed by atoms with van der Waals surface area (Å²) in [4.78, 5) is 5.29. The quantitative estimate of drug-likeness (QED) is 0.753. The van der Waals surface area contributed by atoms with Crippen LogP contribution in [-0.4, -0.2) is 11.2 Å². The van der Waals surface area contributed by atoms with Gasteiger partial charge in [-0.05, 0) is 36.6 Å². The van der Waals surface area contributed by atoms with Crippen LogP contribution in [0.1, 0.15) is 5.56 Å². The van der Waals surface area contributed by atoms with Crippen LogP contribution in [0.3, 0.4) is 0 Å². The average Bonchev–Trinajstić information content (AvgIpc) is 2.38. The number of nitrogens with zero attached hydrogens (tertiary/aromatic N) is 1. The average molecular weight is 231 g/mol. The summed E-state index contributed by atoms with van der Waals surface area (Å²) in [5.41, 5.74) is 1.08. The fraction of sp³-hybridized carbons (Fsp3) is 0.154. The predicted octanol–water partition coefficient (Wildman–Crippen LogP) is 3.38. The lowest BCUT2D eigenvalue weighted by molar-refractivity contribution is 0.305. The maximum Gasteiger partial charge on any atom is 0.119 e. The van der Waals surface area contributed by atoms with Crippen molar-refractivity contribution in [2.24, 2.45) is 0 Å². The van der Waals surface area contributed by atoms with Crippen LogP contribution in [0.5, 0.6) is 5.75 Å². The third-order valence-electron chi connectivity index (χ3n) is 2.19. The predicted molar refractivity (Wildman–Crippen MR) is 66.8 cm³/mol. The molecule has 2 aromatic rings. The van der Waals surface area contributed by atoms with Gasteiger partial charge in [-0.1, -0.05) is 6.07 Å². The molecule has 2 rings (SSSR count). The van der Waals surface area contributed by atoms with Crippen LogP contribution in [0.15, 0.2) is 53.7 Å². The van der Waals surface area contributed by atoms with Crippen LogP contribution in [-0.2, 0) is 6.61 Å². The Labute approximate surface area is 99.7 Å². The molecule has 1 heterocycles. The highest BCUT2D eigenvalue weighted by molar-refractivity contribution is 7.98. The zero-order valence-corrected chi connectivity index (χ0v) is 9.91. The first-order valence-electron chi connectivity index (χ1n) is 5.04. The van der Waals surface area contributed by atoms with Gasteiger partial charge in [0, 0.05) is 22.9 Å². The molecule has 0 spiro atoms. The Morgan fingerprint density at radius 2 is 2.00 bits per heavy atom. The molecule has 0 saturated carbocycles. The van der Waals surface area contributed by atoms with Gasteiger partial charge in [-0.3, -0.25) is 4.98 Å². The number of aromatic nitrogens is 1. The molecular weight excluding hydrogens is 218 g/mol. The van der Waals surface area contributed by atoms with Crippen LogP contribution in [0, 0.1) is 0 Å². The summed E-state index contributed by atoms with van der Waals surface area (Å²) < 4.78 is 5.64. The molecule has 0 amide bonds. The van der Waals surface area contributed by atoms with Crippen LogP contribution in [0.2, 0.25) is 0 Å². The van der Waals surface area contributed by atoms with Crippen molar-refractivity contribution in [2.75, 3.05) is 6.26 Å². The van der Waals surface area contributed by atoms with E-state index in [0.717, 1.165) is 11.3 Å². The number of ether oxygens (including phenoxy) is 1. The summed E-state index contributed by atoms with van der Waals surface area (Å²) in [6, 6.07) is 12.0. The first kappa shape index (κ1) is 11.0. The van der Waals surface area contributed by atoms with Crippen molar-refractivity contribution in [1.29, 1.82) is 0 Å². The molecule has 1 aromatic carbocycles. The minimum atomic E-state index is 0.562. The van der Waals surface area contributed by atoms with Crippen molar-refractivity contribution in [3.05, 3.63) is 54.4 Å². The highest BCUT2D eigenvalue weighted by Gasteiger charge is 1.96. The van der Waals surface area contributed by atoms with Gasteiger partial charge in [0.2, 0.25) is 0 Å². The summed E-state index contributed by atoms with van der Waals surface area (Å²) in [5.74, 6) is 0.890. The Hall–Kier alpha value is -1.48. The van der Waals surface area contributed by atoms with Crippen LogP contribution in [0.25, 0.3) is 0 Å². The van der Waals surface area contributed by atoms with Crippen LogP contribution in [0.4, 0.5) is 0 Å². The van der Waals surface area contributed by atoms with Gasteiger partial charge in [0.05, 0.1) is 0 Å². The van der Waals surface area contributed by atoms with Crippen LogP contribution < -0.4 is 4.74 Å². The monoisotopic (exact) mass is 231 g/mol. The number of pyridine rings is 1. The van der Waals surface area contributed by atoms with Gasteiger partial charge >= 0.3 is 0 Å². The van der Waals surface area contributed by atoms with Crippen molar-refractivity contribution in [3.63, 3.8) is 0 Å². The van der Waals surface area contributed by atoms with E-state index in [1.807, 2.05) is 30.5 Å². The van der Waals surface area contributed by atoms with E-state index in [9.17, 15) is 0 Å². The second kappa shape index (κ2) is 5.56. The second-order valence-electron chi connectivity index (χ2n) is 3.33. The molecule has 2 nitrogen and oxygen atoms in total. The normalized spacial score (nSPS) is 10.1. The minimum Gasteiger partial charge on any atom is -0.489 e. The molecule has 0 aliphatic rings. The number of thioether (sulfide) groups is 1. The lowest BCUT2D eigenvalue weighted by atomic mass is 10.3. The van der Waals surface area contributed by atoms with Gasteiger partial charge in [-0.25, -0.2) is 0 Å². The maximum absolute atomic E-state index is 5.64. The Kier molecular flexibility index (Phi) is 3.83. The molecule has 0 atom stereocenters. The summed E-state index contributed by atoms with van der Waals surface area (Å²) in [7, 11) is 0. The first-order valence-corrected chi connectivity index (χ1v) is 6.27. The van der Waals surface area contributed by atoms with E-state index in [4.69, 9.17) is 4.74 Å². The molecule has 16 heavy (non-hydrogen) atoms.